The van der Waals surface area contributed by atoms with Crippen molar-refractivity contribution in [2.45, 2.75) is 37.5 Å². The Balaban J connectivity index is 1.61. The predicted molar refractivity (Wildman–Crippen MR) is 134 cm³/mol. The number of carbonyl (C=O) groups is 2. The van der Waals surface area contributed by atoms with Gasteiger partial charge in [0.05, 0.1) is 17.5 Å². The van der Waals surface area contributed by atoms with Crippen molar-refractivity contribution in [2.75, 3.05) is 49.7 Å². The lowest BCUT2D eigenvalue weighted by atomic mass is 9.87. The van der Waals surface area contributed by atoms with E-state index in [0.717, 1.165) is 18.5 Å². The molecule has 1 aromatic carbocycles. The third-order valence-electron chi connectivity index (χ3n) is 6.88. The molecule has 0 radical (unpaired) electrons. The van der Waals surface area contributed by atoms with Gasteiger partial charge < -0.3 is 25.8 Å². The zero-order valence-corrected chi connectivity index (χ0v) is 21.6. The zero-order valence-electron chi connectivity index (χ0n) is 20.8. The Kier molecular flexibility index (Phi) is 7.86. The second kappa shape index (κ2) is 10.8. The highest BCUT2D eigenvalue weighted by Crippen LogP contribution is 2.35. The number of amides is 2. The number of benzene rings is 1. The molecule has 0 bridgehead atoms. The minimum absolute atomic E-state index is 0.0176. The lowest BCUT2D eigenvalue weighted by molar-refractivity contribution is -0.143. The fourth-order valence-corrected chi connectivity index (χ4v) is 5.29. The highest BCUT2D eigenvalue weighted by molar-refractivity contribution is 6.31. The quantitative estimate of drug-likeness (QED) is 0.543. The summed E-state index contributed by atoms with van der Waals surface area (Å²) < 4.78 is 54.5. The molecular weight excluding hydrogens is 530 g/mol. The molecule has 0 spiro atoms. The summed E-state index contributed by atoms with van der Waals surface area (Å²) in [4.78, 5) is 39.0. The van der Waals surface area contributed by atoms with Crippen molar-refractivity contribution in [3.05, 3.63) is 40.9 Å². The van der Waals surface area contributed by atoms with Crippen LogP contribution in [-0.4, -0.2) is 77.4 Å². The van der Waals surface area contributed by atoms with Gasteiger partial charge in [-0.3, -0.25) is 9.59 Å². The maximum absolute atomic E-state index is 14.7. The minimum Gasteiger partial charge on any atom is -0.381 e. The van der Waals surface area contributed by atoms with Crippen LogP contribution in [0.4, 0.5) is 34.9 Å². The van der Waals surface area contributed by atoms with Gasteiger partial charge in [0.25, 0.3) is 0 Å². The first kappa shape index (κ1) is 27.7. The third kappa shape index (κ3) is 5.71. The first-order valence-corrected chi connectivity index (χ1v) is 12.4. The molecular formula is C24H28ClF4N7O2. The number of anilines is 3. The molecule has 3 N–H and O–H groups in total. The van der Waals surface area contributed by atoms with E-state index in [2.05, 4.69) is 15.3 Å². The van der Waals surface area contributed by atoms with Gasteiger partial charge in [-0.05, 0) is 37.5 Å². The SMILES string of the molecule is CN(C)C(=O)C1CCN(c2ncnc(N)c2F)C[C@@H]1N1CCC[C@H](Nc2cc(Cl)cc(C(F)(F)F)c2)C1=O. The van der Waals surface area contributed by atoms with Crippen LogP contribution in [0.5, 0.6) is 0 Å². The second-order valence-corrected chi connectivity index (χ2v) is 10.1. The van der Waals surface area contributed by atoms with Gasteiger partial charge in [0.1, 0.15) is 12.4 Å². The Labute approximate surface area is 221 Å². The predicted octanol–water partition coefficient (Wildman–Crippen LogP) is 3.26. The maximum atomic E-state index is 14.7. The fraction of sp³-hybridized carbons (Fsp3) is 0.500. The van der Waals surface area contributed by atoms with Gasteiger partial charge in [-0.15, -0.1) is 0 Å². The van der Waals surface area contributed by atoms with Gasteiger partial charge >= 0.3 is 6.18 Å². The summed E-state index contributed by atoms with van der Waals surface area (Å²) >= 11 is 5.91. The number of nitrogens with two attached hydrogens (primary N) is 1. The van der Waals surface area contributed by atoms with Gasteiger partial charge in [-0.25, -0.2) is 9.97 Å². The lowest BCUT2D eigenvalue weighted by Crippen LogP contribution is -2.62. The Bertz CT molecular complexity index is 1210. The molecule has 2 aliphatic rings. The van der Waals surface area contributed by atoms with Crippen molar-refractivity contribution >= 4 is 40.7 Å². The average Bonchev–Trinajstić information content (AvgIpc) is 2.85. The number of hydrogen-bond donors (Lipinski definition) is 2. The number of piperidine rings is 2. The van der Waals surface area contributed by atoms with Crippen LogP contribution in [0.1, 0.15) is 24.8 Å². The van der Waals surface area contributed by atoms with Crippen molar-refractivity contribution in [1.82, 2.24) is 19.8 Å². The number of nitrogens with zero attached hydrogens (tertiary/aromatic N) is 5. The first-order chi connectivity index (χ1) is 17.9. The molecule has 1 unspecified atom stereocenters. The van der Waals surface area contributed by atoms with Crippen LogP contribution in [0.15, 0.2) is 24.5 Å². The van der Waals surface area contributed by atoms with Crippen LogP contribution >= 0.6 is 11.6 Å². The smallest absolute Gasteiger partial charge is 0.381 e. The van der Waals surface area contributed by atoms with Gasteiger partial charge in [-0.1, -0.05) is 11.6 Å². The lowest BCUT2D eigenvalue weighted by Gasteiger charge is -2.47. The van der Waals surface area contributed by atoms with Crippen LogP contribution in [0.2, 0.25) is 5.02 Å². The van der Waals surface area contributed by atoms with E-state index in [0.29, 0.717) is 32.4 Å². The van der Waals surface area contributed by atoms with Crippen LogP contribution in [0, 0.1) is 11.7 Å². The van der Waals surface area contributed by atoms with Gasteiger partial charge in [0, 0.05) is 44.4 Å². The summed E-state index contributed by atoms with van der Waals surface area (Å²) in [6.45, 7) is 0.760. The van der Waals surface area contributed by atoms with Crippen LogP contribution in [-0.2, 0) is 15.8 Å². The maximum Gasteiger partial charge on any atom is 0.416 e. The molecule has 206 valence electrons. The highest BCUT2D eigenvalue weighted by Gasteiger charge is 2.44. The number of carbonyl (C=O) groups excluding carboxylic acids is 2. The Morgan fingerprint density at radius 1 is 1.18 bits per heavy atom. The monoisotopic (exact) mass is 557 g/mol. The number of hydrogen-bond acceptors (Lipinski definition) is 7. The Hall–Kier alpha value is -3.35. The average molecular weight is 558 g/mol. The normalized spacial score (nSPS) is 22.4. The van der Waals surface area contributed by atoms with Gasteiger partial charge in [0.15, 0.2) is 11.6 Å². The molecule has 4 rings (SSSR count). The van der Waals surface area contributed by atoms with Crippen LogP contribution in [0.25, 0.3) is 0 Å². The molecule has 2 amide bonds. The van der Waals surface area contributed by atoms with Crippen molar-refractivity contribution in [3.8, 4) is 0 Å². The number of rotatable bonds is 5. The van der Waals surface area contributed by atoms with E-state index in [-0.39, 0.29) is 40.7 Å². The molecule has 9 nitrogen and oxygen atoms in total. The van der Waals surface area contributed by atoms with Crippen molar-refractivity contribution in [1.29, 1.82) is 0 Å². The topological polar surface area (TPSA) is 108 Å². The van der Waals surface area contributed by atoms with E-state index in [1.165, 1.54) is 11.0 Å². The third-order valence-corrected chi connectivity index (χ3v) is 7.10. The number of halogens is 5. The molecule has 0 aliphatic carbocycles. The van der Waals surface area contributed by atoms with Crippen LogP contribution < -0.4 is 16.0 Å². The molecule has 2 aliphatic heterocycles. The van der Waals surface area contributed by atoms with E-state index in [1.54, 1.807) is 23.9 Å². The Morgan fingerprint density at radius 3 is 2.61 bits per heavy atom. The van der Waals surface area contributed by atoms with Gasteiger partial charge in [0.2, 0.25) is 17.6 Å². The zero-order chi connectivity index (χ0) is 27.8. The summed E-state index contributed by atoms with van der Waals surface area (Å²) in [7, 11) is 3.24. The van der Waals surface area contributed by atoms with Gasteiger partial charge in [-0.2, -0.15) is 17.6 Å². The van der Waals surface area contributed by atoms with E-state index >= 15 is 0 Å². The van der Waals surface area contributed by atoms with E-state index in [1.807, 2.05) is 0 Å². The Morgan fingerprint density at radius 2 is 1.92 bits per heavy atom. The second-order valence-electron chi connectivity index (χ2n) is 9.63. The molecule has 1 aromatic heterocycles. The fourth-order valence-electron chi connectivity index (χ4n) is 5.05. The number of aromatic nitrogens is 2. The van der Waals surface area contributed by atoms with Crippen LogP contribution in [0.3, 0.4) is 0 Å². The summed E-state index contributed by atoms with van der Waals surface area (Å²) in [6.07, 6.45) is -2.20. The summed E-state index contributed by atoms with van der Waals surface area (Å²) in [6, 6.07) is 1.58. The van der Waals surface area contributed by atoms with Crippen molar-refractivity contribution in [3.63, 3.8) is 0 Å². The van der Waals surface area contributed by atoms with E-state index < -0.39 is 35.6 Å². The number of likely N-dealkylation sites (tertiary alicyclic amines) is 1. The first-order valence-electron chi connectivity index (χ1n) is 12.0. The molecule has 38 heavy (non-hydrogen) atoms. The molecule has 0 saturated carbocycles. The number of nitrogen functional groups attached to an aromatic ring is 1. The van der Waals surface area contributed by atoms with Crippen molar-refractivity contribution < 1.29 is 27.2 Å². The van der Waals surface area contributed by atoms with Crippen molar-refractivity contribution in [2.24, 2.45) is 5.92 Å². The molecule has 2 aromatic rings. The number of nitrogens with one attached hydrogen (secondary N) is 1. The largest absolute Gasteiger partial charge is 0.416 e. The highest BCUT2D eigenvalue weighted by atomic mass is 35.5. The summed E-state index contributed by atoms with van der Waals surface area (Å²) in [5.41, 5.74) is 4.75. The van der Waals surface area contributed by atoms with E-state index in [9.17, 15) is 27.2 Å². The molecule has 2 saturated heterocycles. The molecule has 2 fully saturated rings. The molecule has 3 atom stereocenters. The minimum atomic E-state index is -4.60. The van der Waals surface area contributed by atoms with E-state index in [4.69, 9.17) is 17.3 Å². The molecule has 14 heteroatoms. The molecule has 3 heterocycles. The number of alkyl halides is 3. The summed E-state index contributed by atoms with van der Waals surface area (Å²) in [5, 5.41) is 2.78. The summed E-state index contributed by atoms with van der Waals surface area (Å²) in [5.74, 6) is -2.21. The standard InChI is InChI=1S/C24H28ClF4N7O2/c1-34(2)22(37)16-5-7-35(21-19(26)20(30)31-12-32-21)11-18(16)36-6-3-4-17(23(36)38)33-15-9-13(24(27,28)29)8-14(25)10-15/h8-10,12,16-18,33H,3-7,11H2,1-2H3,(H2,30,31,32)/t16?,17-,18-/m0/s1.